The first-order chi connectivity index (χ1) is 13.2. The van der Waals surface area contributed by atoms with Gasteiger partial charge in [-0.2, -0.15) is 0 Å². The molecule has 2 aliphatic heterocycles. The number of anilines is 1. The number of amides is 1. The molecule has 0 saturated carbocycles. The van der Waals surface area contributed by atoms with Crippen LogP contribution in [0.15, 0.2) is 42.7 Å². The zero-order chi connectivity index (χ0) is 18.6. The summed E-state index contributed by atoms with van der Waals surface area (Å²) >= 11 is 0. The molecular formula is C20H24N4O3. The SMILES string of the molecule is COc1cccc(CC(=O)N2C[C@@H]3[C@@H](CNc4ncccn4)CO[C@@H]3C2)c1. The van der Waals surface area contributed by atoms with Gasteiger partial charge in [-0.15, -0.1) is 0 Å². The van der Waals surface area contributed by atoms with Gasteiger partial charge in [-0.3, -0.25) is 4.79 Å². The van der Waals surface area contributed by atoms with Gasteiger partial charge in [0, 0.05) is 43.9 Å². The lowest BCUT2D eigenvalue weighted by Crippen LogP contribution is -2.33. The molecular weight excluding hydrogens is 344 g/mol. The average molecular weight is 368 g/mol. The molecule has 27 heavy (non-hydrogen) atoms. The largest absolute Gasteiger partial charge is 0.497 e. The van der Waals surface area contributed by atoms with Crippen molar-refractivity contribution in [1.82, 2.24) is 14.9 Å². The van der Waals surface area contributed by atoms with Crippen molar-refractivity contribution in [2.75, 3.05) is 38.7 Å². The molecule has 2 fully saturated rings. The predicted molar refractivity (Wildman–Crippen MR) is 101 cm³/mol. The van der Waals surface area contributed by atoms with E-state index in [4.69, 9.17) is 9.47 Å². The summed E-state index contributed by atoms with van der Waals surface area (Å²) in [6, 6.07) is 9.47. The van der Waals surface area contributed by atoms with Crippen molar-refractivity contribution in [3.63, 3.8) is 0 Å². The Hall–Kier alpha value is -2.67. The first-order valence-corrected chi connectivity index (χ1v) is 9.26. The Morgan fingerprint density at radius 3 is 2.96 bits per heavy atom. The molecule has 0 aliphatic carbocycles. The quantitative estimate of drug-likeness (QED) is 0.835. The van der Waals surface area contributed by atoms with Crippen LogP contribution < -0.4 is 10.1 Å². The smallest absolute Gasteiger partial charge is 0.227 e. The maximum Gasteiger partial charge on any atom is 0.227 e. The summed E-state index contributed by atoms with van der Waals surface area (Å²) in [6.07, 6.45) is 3.95. The van der Waals surface area contributed by atoms with Gasteiger partial charge >= 0.3 is 0 Å². The van der Waals surface area contributed by atoms with Gasteiger partial charge in [-0.25, -0.2) is 9.97 Å². The third-order valence-electron chi connectivity index (χ3n) is 5.37. The van der Waals surface area contributed by atoms with E-state index in [1.807, 2.05) is 29.2 Å². The van der Waals surface area contributed by atoms with E-state index < -0.39 is 0 Å². The molecule has 7 heteroatoms. The summed E-state index contributed by atoms with van der Waals surface area (Å²) in [5, 5.41) is 3.28. The zero-order valence-corrected chi connectivity index (χ0v) is 15.4. The number of carbonyl (C=O) groups excluding carboxylic acids is 1. The number of rotatable bonds is 6. The Morgan fingerprint density at radius 2 is 2.15 bits per heavy atom. The summed E-state index contributed by atoms with van der Waals surface area (Å²) in [6.45, 7) is 2.89. The van der Waals surface area contributed by atoms with Crippen LogP contribution in [0, 0.1) is 11.8 Å². The summed E-state index contributed by atoms with van der Waals surface area (Å²) < 4.78 is 11.2. The van der Waals surface area contributed by atoms with E-state index in [0.29, 0.717) is 37.4 Å². The predicted octanol–water partition coefficient (Wildman–Crippen LogP) is 1.61. The molecule has 1 aromatic carbocycles. The van der Waals surface area contributed by atoms with E-state index in [1.165, 1.54) is 0 Å². The number of aromatic nitrogens is 2. The van der Waals surface area contributed by atoms with E-state index in [0.717, 1.165) is 24.4 Å². The van der Waals surface area contributed by atoms with Crippen LogP contribution in [0.4, 0.5) is 5.95 Å². The van der Waals surface area contributed by atoms with Gasteiger partial charge < -0.3 is 19.7 Å². The van der Waals surface area contributed by atoms with Crippen molar-refractivity contribution in [3.05, 3.63) is 48.3 Å². The maximum atomic E-state index is 12.7. The van der Waals surface area contributed by atoms with Gasteiger partial charge in [0.2, 0.25) is 11.9 Å². The van der Waals surface area contributed by atoms with E-state index in [2.05, 4.69) is 15.3 Å². The molecule has 4 rings (SSSR count). The van der Waals surface area contributed by atoms with Crippen LogP contribution in [-0.4, -0.2) is 60.2 Å². The van der Waals surface area contributed by atoms with Gasteiger partial charge in [0.15, 0.2) is 0 Å². The maximum absolute atomic E-state index is 12.7. The second-order valence-electron chi connectivity index (χ2n) is 7.08. The number of nitrogens with one attached hydrogen (secondary N) is 1. The van der Waals surface area contributed by atoms with Crippen LogP contribution in [0.25, 0.3) is 0 Å². The molecule has 7 nitrogen and oxygen atoms in total. The van der Waals surface area contributed by atoms with Gasteiger partial charge in [0.25, 0.3) is 0 Å². The van der Waals surface area contributed by atoms with E-state index in [9.17, 15) is 4.79 Å². The third-order valence-corrected chi connectivity index (χ3v) is 5.37. The number of methoxy groups -OCH3 is 1. The fourth-order valence-corrected chi connectivity index (χ4v) is 3.89. The third kappa shape index (κ3) is 4.03. The molecule has 0 bridgehead atoms. The number of nitrogens with zero attached hydrogens (tertiary/aromatic N) is 3. The lowest BCUT2D eigenvalue weighted by atomic mass is 9.93. The fraction of sp³-hybridized carbons (Fsp3) is 0.450. The summed E-state index contributed by atoms with van der Waals surface area (Å²) in [5.41, 5.74) is 0.969. The van der Waals surface area contributed by atoms with Crippen LogP contribution in [0.5, 0.6) is 5.75 Å². The molecule has 142 valence electrons. The van der Waals surface area contributed by atoms with Crippen LogP contribution in [-0.2, 0) is 16.0 Å². The standard InChI is InChI=1S/C20H24N4O3/c1-26-16-5-2-4-14(8-16)9-19(25)24-11-17-15(13-27-18(17)12-24)10-23-20-21-6-3-7-22-20/h2-8,15,17-18H,9-13H2,1H3,(H,21,22,23)/t15-,17+,18+/m0/s1. The first kappa shape index (κ1) is 17.7. The minimum absolute atomic E-state index is 0.128. The molecule has 2 saturated heterocycles. The number of benzene rings is 1. The highest BCUT2D eigenvalue weighted by Gasteiger charge is 2.44. The Balaban J connectivity index is 1.32. The van der Waals surface area contributed by atoms with Crippen molar-refractivity contribution >= 4 is 11.9 Å². The zero-order valence-electron chi connectivity index (χ0n) is 15.4. The summed E-state index contributed by atoms with van der Waals surface area (Å²) in [7, 11) is 1.63. The molecule has 1 amide bonds. The topological polar surface area (TPSA) is 76.6 Å². The molecule has 1 N–H and O–H groups in total. The van der Waals surface area contributed by atoms with Gasteiger partial charge in [0.05, 0.1) is 26.2 Å². The monoisotopic (exact) mass is 368 g/mol. The molecule has 0 unspecified atom stereocenters. The number of hydrogen-bond acceptors (Lipinski definition) is 6. The van der Waals surface area contributed by atoms with Crippen LogP contribution in [0.1, 0.15) is 5.56 Å². The fourth-order valence-electron chi connectivity index (χ4n) is 3.89. The highest BCUT2D eigenvalue weighted by atomic mass is 16.5. The summed E-state index contributed by atoms with van der Waals surface area (Å²) in [5.74, 6) is 2.25. The Kier molecular flexibility index (Phi) is 5.20. The van der Waals surface area contributed by atoms with Crippen molar-refractivity contribution in [1.29, 1.82) is 0 Å². The highest BCUT2D eigenvalue weighted by molar-refractivity contribution is 5.79. The van der Waals surface area contributed by atoms with E-state index >= 15 is 0 Å². The number of likely N-dealkylation sites (tertiary alicyclic amines) is 1. The molecule has 3 atom stereocenters. The summed E-state index contributed by atoms with van der Waals surface area (Å²) in [4.78, 5) is 23.0. The first-order valence-electron chi connectivity index (χ1n) is 9.26. The van der Waals surface area contributed by atoms with Crippen LogP contribution in [0.3, 0.4) is 0 Å². The number of carbonyl (C=O) groups is 1. The minimum atomic E-state index is 0.128. The van der Waals surface area contributed by atoms with Crippen molar-refractivity contribution in [2.24, 2.45) is 11.8 Å². The van der Waals surface area contributed by atoms with E-state index in [-0.39, 0.29) is 12.0 Å². The van der Waals surface area contributed by atoms with Crippen molar-refractivity contribution in [2.45, 2.75) is 12.5 Å². The second kappa shape index (κ2) is 7.92. The van der Waals surface area contributed by atoms with Crippen molar-refractivity contribution < 1.29 is 14.3 Å². The van der Waals surface area contributed by atoms with Crippen molar-refractivity contribution in [3.8, 4) is 5.75 Å². The molecule has 3 heterocycles. The molecule has 2 aromatic rings. The second-order valence-corrected chi connectivity index (χ2v) is 7.08. The van der Waals surface area contributed by atoms with Gasteiger partial charge in [-0.1, -0.05) is 12.1 Å². The average Bonchev–Trinajstić information content (AvgIpc) is 3.28. The molecule has 1 aromatic heterocycles. The molecule has 0 radical (unpaired) electrons. The van der Waals surface area contributed by atoms with Gasteiger partial charge in [0.1, 0.15) is 5.75 Å². The Labute approximate surface area is 158 Å². The lowest BCUT2D eigenvalue weighted by Gasteiger charge is -2.20. The van der Waals surface area contributed by atoms with Crippen LogP contribution >= 0.6 is 0 Å². The number of fused-ring (bicyclic) bond motifs is 1. The number of hydrogen-bond donors (Lipinski definition) is 1. The Bertz CT molecular complexity index is 786. The minimum Gasteiger partial charge on any atom is -0.497 e. The highest BCUT2D eigenvalue weighted by Crippen LogP contribution is 2.34. The van der Waals surface area contributed by atoms with Gasteiger partial charge in [-0.05, 0) is 23.8 Å². The molecule has 0 spiro atoms. The normalized spacial score (nSPS) is 23.9. The number of ether oxygens (including phenoxy) is 2. The Morgan fingerprint density at radius 1 is 1.30 bits per heavy atom. The van der Waals surface area contributed by atoms with E-state index in [1.54, 1.807) is 25.6 Å². The lowest BCUT2D eigenvalue weighted by molar-refractivity contribution is -0.130. The van der Waals surface area contributed by atoms with Crippen LogP contribution in [0.2, 0.25) is 0 Å². The molecule has 2 aliphatic rings.